The molecule has 1 unspecified atom stereocenters. The van der Waals surface area contributed by atoms with Gasteiger partial charge in [-0.15, -0.1) is 0 Å². The van der Waals surface area contributed by atoms with E-state index in [0.29, 0.717) is 43.4 Å². The molecule has 0 spiro atoms. The van der Waals surface area contributed by atoms with Crippen molar-refractivity contribution in [2.75, 3.05) is 19.8 Å². The molecule has 1 aliphatic rings. The summed E-state index contributed by atoms with van der Waals surface area (Å²) in [5.74, 6) is 0.995. The lowest BCUT2D eigenvalue weighted by molar-refractivity contribution is -0.134. The Morgan fingerprint density at radius 2 is 1.77 bits per heavy atom. The van der Waals surface area contributed by atoms with Crippen LogP contribution in [-0.2, 0) is 11.3 Å². The van der Waals surface area contributed by atoms with E-state index in [2.05, 4.69) is 5.32 Å². The van der Waals surface area contributed by atoms with Gasteiger partial charge < -0.3 is 19.7 Å². The summed E-state index contributed by atoms with van der Waals surface area (Å²) in [6.45, 7) is 9.71. The molecular weight excluding hydrogens is 380 g/mol. The molecule has 1 aliphatic heterocycles. The lowest BCUT2D eigenvalue weighted by atomic mass is 10.0. The fourth-order valence-electron chi connectivity index (χ4n) is 3.45. The van der Waals surface area contributed by atoms with Gasteiger partial charge in [0, 0.05) is 24.2 Å². The second kappa shape index (κ2) is 9.65. The molecule has 1 heterocycles. The Morgan fingerprint density at radius 1 is 1.07 bits per heavy atom. The van der Waals surface area contributed by atoms with Gasteiger partial charge in [0.05, 0.1) is 0 Å². The smallest absolute Gasteiger partial charge is 0.251 e. The Morgan fingerprint density at radius 3 is 2.43 bits per heavy atom. The van der Waals surface area contributed by atoms with Crippen molar-refractivity contribution in [2.45, 2.75) is 40.3 Å². The summed E-state index contributed by atoms with van der Waals surface area (Å²) >= 11 is 0. The first-order valence-electron chi connectivity index (χ1n) is 10.4. The van der Waals surface area contributed by atoms with Crippen molar-refractivity contribution in [1.82, 2.24) is 10.2 Å². The van der Waals surface area contributed by atoms with Crippen molar-refractivity contribution in [3.05, 3.63) is 59.2 Å². The number of ether oxygens (including phenoxy) is 2. The summed E-state index contributed by atoms with van der Waals surface area (Å²) in [6.07, 6.45) is 0. The number of benzene rings is 2. The number of aryl methyl sites for hydroxylation is 1. The minimum absolute atomic E-state index is 0.0507. The number of hydrogen-bond donors (Lipinski definition) is 1. The maximum atomic E-state index is 13.3. The molecule has 2 amide bonds. The lowest BCUT2D eigenvalue weighted by Gasteiger charge is -2.30. The van der Waals surface area contributed by atoms with Gasteiger partial charge in [-0.1, -0.05) is 43.7 Å². The second-order valence-electron chi connectivity index (χ2n) is 7.85. The van der Waals surface area contributed by atoms with Crippen molar-refractivity contribution >= 4 is 11.8 Å². The number of carbonyl (C=O) groups is 2. The number of carbonyl (C=O) groups excluding carboxylic acids is 2. The summed E-state index contributed by atoms with van der Waals surface area (Å²) in [6, 6.07) is 12.4. The number of hydrogen-bond acceptors (Lipinski definition) is 4. The molecular formula is C24H30N2O4. The molecule has 6 heteroatoms. The third-order valence-corrected chi connectivity index (χ3v) is 5.24. The molecule has 3 rings (SSSR count). The predicted octanol–water partition coefficient (Wildman–Crippen LogP) is 3.57. The van der Waals surface area contributed by atoms with E-state index in [-0.39, 0.29) is 17.7 Å². The number of fused-ring (bicyclic) bond motifs is 1. The van der Waals surface area contributed by atoms with Crippen LogP contribution in [0.3, 0.4) is 0 Å². The third kappa shape index (κ3) is 4.93. The van der Waals surface area contributed by atoms with Crippen molar-refractivity contribution in [1.29, 1.82) is 0 Å². The zero-order valence-corrected chi connectivity index (χ0v) is 18.1. The highest BCUT2D eigenvalue weighted by Crippen LogP contribution is 2.34. The molecule has 0 saturated carbocycles. The summed E-state index contributed by atoms with van der Waals surface area (Å²) in [5, 5.41) is 2.93. The zero-order chi connectivity index (χ0) is 21.7. The van der Waals surface area contributed by atoms with Gasteiger partial charge >= 0.3 is 0 Å². The van der Waals surface area contributed by atoms with Gasteiger partial charge in [-0.25, -0.2) is 0 Å². The highest BCUT2D eigenvalue weighted by atomic mass is 16.6. The van der Waals surface area contributed by atoms with Crippen LogP contribution in [0.15, 0.2) is 42.5 Å². The van der Waals surface area contributed by atoms with Crippen molar-refractivity contribution in [3.63, 3.8) is 0 Å². The third-order valence-electron chi connectivity index (χ3n) is 5.24. The average Bonchev–Trinajstić information content (AvgIpc) is 2.75. The van der Waals surface area contributed by atoms with Crippen LogP contribution in [0.2, 0.25) is 0 Å². The van der Waals surface area contributed by atoms with Crippen LogP contribution in [0.25, 0.3) is 0 Å². The topological polar surface area (TPSA) is 67.9 Å². The van der Waals surface area contributed by atoms with Crippen LogP contribution >= 0.6 is 0 Å². The maximum absolute atomic E-state index is 13.3. The van der Waals surface area contributed by atoms with E-state index in [0.717, 1.165) is 11.1 Å². The zero-order valence-electron chi connectivity index (χ0n) is 18.1. The van der Waals surface area contributed by atoms with Gasteiger partial charge in [-0.3, -0.25) is 9.59 Å². The monoisotopic (exact) mass is 410 g/mol. The Hall–Kier alpha value is -3.02. The Balaban J connectivity index is 1.76. The number of para-hydroxylation sites is 1. The average molecular weight is 411 g/mol. The van der Waals surface area contributed by atoms with E-state index in [1.807, 2.05) is 58.0 Å². The molecule has 30 heavy (non-hydrogen) atoms. The standard InChI is InChI=1S/C24H30N2O4/c1-5-26(15-19-7-6-8-20-22(19)30-14-13-29-20)24(28)21(16(2)3)25-23(27)18-11-9-17(4)10-12-18/h6-12,16,21H,5,13-15H2,1-4H3,(H,25,27). The highest BCUT2D eigenvalue weighted by Gasteiger charge is 2.29. The summed E-state index contributed by atoms with van der Waals surface area (Å²) in [5.41, 5.74) is 2.53. The molecule has 0 saturated heterocycles. The Kier molecular flexibility index (Phi) is 6.98. The van der Waals surface area contributed by atoms with Gasteiger partial charge in [0.2, 0.25) is 5.91 Å². The van der Waals surface area contributed by atoms with E-state index in [1.54, 1.807) is 17.0 Å². The van der Waals surface area contributed by atoms with Crippen molar-refractivity contribution in [2.24, 2.45) is 5.92 Å². The molecule has 0 aromatic heterocycles. The van der Waals surface area contributed by atoms with Crippen molar-refractivity contribution in [3.8, 4) is 11.5 Å². The normalized spacial score (nSPS) is 13.6. The van der Waals surface area contributed by atoms with Crippen LogP contribution in [-0.4, -0.2) is 42.5 Å². The molecule has 0 radical (unpaired) electrons. The minimum Gasteiger partial charge on any atom is -0.486 e. The fraction of sp³-hybridized carbons (Fsp3) is 0.417. The van der Waals surface area contributed by atoms with Crippen LogP contribution in [0.5, 0.6) is 11.5 Å². The summed E-state index contributed by atoms with van der Waals surface area (Å²) < 4.78 is 11.4. The Labute approximate surface area is 178 Å². The van der Waals surface area contributed by atoms with Gasteiger partial charge in [-0.2, -0.15) is 0 Å². The quantitative estimate of drug-likeness (QED) is 0.758. The van der Waals surface area contributed by atoms with Gasteiger partial charge in [-0.05, 0) is 38.0 Å². The van der Waals surface area contributed by atoms with Crippen molar-refractivity contribution < 1.29 is 19.1 Å². The molecule has 0 aliphatic carbocycles. The van der Waals surface area contributed by atoms with E-state index < -0.39 is 6.04 Å². The SMILES string of the molecule is CCN(Cc1cccc2c1OCCO2)C(=O)C(NC(=O)c1ccc(C)cc1)C(C)C. The first-order valence-corrected chi connectivity index (χ1v) is 10.4. The van der Waals surface area contributed by atoms with Crippen LogP contribution in [0.1, 0.15) is 42.3 Å². The maximum Gasteiger partial charge on any atom is 0.251 e. The van der Waals surface area contributed by atoms with Crippen LogP contribution < -0.4 is 14.8 Å². The molecule has 2 aromatic rings. The summed E-state index contributed by atoms with van der Waals surface area (Å²) in [7, 11) is 0. The molecule has 1 atom stereocenters. The first-order chi connectivity index (χ1) is 14.4. The van der Waals surface area contributed by atoms with Crippen LogP contribution in [0.4, 0.5) is 0 Å². The van der Waals surface area contributed by atoms with Gasteiger partial charge in [0.1, 0.15) is 19.3 Å². The number of nitrogens with one attached hydrogen (secondary N) is 1. The van der Waals surface area contributed by atoms with E-state index in [9.17, 15) is 9.59 Å². The highest BCUT2D eigenvalue weighted by molar-refractivity contribution is 5.97. The van der Waals surface area contributed by atoms with E-state index in [1.165, 1.54) is 0 Å². The predicted molar refractivity (Wildman–Crippen MR) is 116 cm³/mol. The first kappa shape index (κ1) is 21.7. The number of likely N-dealkylation sites (N-methyl/N-ethyl adjacent to an activating group) is 1. The lowest BCUT2D eigenvalue weighted by Crippen LogP contribution is -2.51. The van der Waals surface area contributed by atoms with Gasteiger partial charge in [0.25, 0.3) is 5.91 Å². The van der Waals surface area contributed by atoms with E-state index in [4.69, 9.17) is 9.47 Å². The number of rotatable bonds is 7. The molecule has 0 fully saturated rings. The van der Waals surface area contributed by atoms with E-state index >= 15 is 0 Å². The van der Waals surface area contributed by atoms with Crippen LogP contribution in [0, 0.1) is 12.8 Å². The number of nitrogens with zero attached hydrogens (tertiary/aromatic N) is 1. The molecule has 0 bridgehead atoms. The van der Waals surface area contributed by atoms with Gasteiger partial charge in [0.15, 0.2) is 11.5 Å². The molecule has 160 valence electrons. The second-order valence-corrected chi connectivity index (χ2v) is 7.85. The largest absolute Gasteiger partial charge is 0.486 e. The fourth-order valence-corrected chi connectivity index (χ4v) is 3.45. The summed E-state index contributed by atoms with van der Waals surface area (Å²) in [4.78, 5) is 27.8. The Bertz CT molecular complexity index is 893. The molecule has 1 N–H and O–H groups in total. The molecule has 2 aromatic carbocycles. The number of amides is 2. The molecule has 6 nitrogen and oxygen atoms in total. The minimum atomic E-state index is -0.615.